The Morgan fingerprint density at radius 2 is 1.71 bits per heavy atom. The van der Waals surface area contributed by atoms with Gasteiger partial charge in [-0.15, -0.1) is 0 Å². The fraction of sp³-hybridized carbons (Fsp3) is 0.263. The van der Waals surface area contributed by atoms with Crippen molar-refractivity contribution in [1.82, 2.24) is 4.90 Å². The summed E-state index contributed by atoms with van der Waals surface area (Å²) in [6.07, 6.45) is 1.75. The third-order valence-corrected chi connectivity index (χ3v) is 5.54. The molecule has 2 amide bonds. The molecular weight excluding hydrogens is 423 g/mol. The van der Waals surface area contributed by atoms with Crippen LogP contribution in [0.2, 0.25) is 10.0 Å². The number of anilines is 1. The van der Waals surface area contributed by atoms with E-state index in [1.54, 1.807) is 12.1 Å². The number of benzene rings is 2. The Morgan fingerprint density at radius 3 is 2.29 bits per heavy atom. The molecule has 0 heterocycles. The zero-order valence-electron chi connectivity index (χ0n) is 15.4. The minimum absolute atomic E-state index is 0.124. The van der Waals surface area contributed by atoms with Gasteiger partial charge in [-0.1, -0.05) is 30.1 Å². The molecule has 0 radical (unpaired) electrons. The lowest BCUT2D eigenvalue weighted by Crippen LogP contribution is -2.38. The van der Waals surface area contributed by atoms with E-state index in [1.165, 1.54) is 35.2 Å². The molecule has 0 saturated heterocycles. The van der Waals surface area contributed by atoms with Crippen LogP contribution in [0.1, 0.15) is 23.7 Å². The summed E-state index contributed by atoms with van der Waals surface area (Å²) in [6.45, 7) is 2.07. The van der Waals surface area contributed by atoms with Crippen molar-refractivity contribution in [3.05, 3.63) is 58.1 Å². The Kier molecular flexibility index (Phi) is 7.46. The van der Waals surface area contributed by atoms with E-state index < -0.39 is 15.7 Å². The van der Waals surface area contributed by atoms with Crippen molar-refractivity contribution in [2.45, 2.75) is 18.2 Å². The number of hydrogen-bond acceptors (Lipinski definition) is 4. The lowest BCUT2D eigenvalue weighted by Gasteiger charge is -2.22. The van der Waals surface area contributed by atoms with Gasteiger partial charge in [-0.05, 0) is 48.9 Å². The number of carbonyl (C=O) groups excluding carboxylic acids is 2. The minimum atomic E-state index is -3.35. The predicted octanol–water partition coefficient (Wildman–Crippen LogP) is 3.89. The smallest absolute Gasteiger partial charge is 0.254 e. The standard InChI is InChI=1S/C19H20Cl2N2O4S/c1-3-10-23(12-18(24)22-17-11-14(20)6-9-16(17)21)19(25)13-4-7-15(8-5-13)28(2,26)27/h4-9,11H,3,10,12H2,1-2H3,(H,22,24). The molecule has 2 aromatic rings. The molecule has 2 aromatic carbocycles. The Bertz CT molecular complexity index is 976. The molecule has 0 fully saturated rings. The van der Waals surface area contributed by atoms with Crippen molar-refractivity contribution in [2.75, 3.05) is 24.7 Å². The Hall–Kier alpha value is -2.09. The highest BCUT2D eigenvalue weighted by Crippen LogP contribution is 2.25. The van der Waals surface area contributed by atoms with Crippen molar-refractivity contribution in [3.63, 3.8) is 0 Å². The van der Waals surface area contributed by atoms with Gasteiger partial charge in [0.25, 0.3) is 5.91 Å². The summed E-state index contributed by atoms with van der Waals surface area (Å²) >= 11 is 12.0. The molecule has 0 aliphatic carbocycles. The van der Waals surface area contributed by atoms with Crippen LogP contribution in [0.4, 0.5) is 5.69 Å². The quantitative estimate of drug-likeness (QED) is 0.704. The van der Waals surface area contributed by atoms with Gasteiger partial charge in [0.2, 0.25) is 5.91 Å². The molecule has 9 heteroatoms. The summed E-state index contributed by atoms with van der Waals surface area (Å²) in [4.78, 5) is 26.7. The van der Waals surface area contributed by atoms with Crippen molar-refractivity contribution >= 4 is 50.5 Å². The van der Waals surface area contributed by atoms with Gasteiger partial charge in [0.1, 0.15) is 6.54 Å². The van der Waals surface area contributed by atoms with E-state index >= 15 is 0 Å². The lowest BCUT2D eigenvalue weighted by atomic mass is 10.2. The first-order valence-corrected chi connectivity index (χ1v) is 11.1. The van der Waals surface area contributed by atoms with Crippen LogP contribution >= 0.6 is 23.2 Å². The van der Waals surface area contributed by atoms with E-state index in [-0.39, 0.29) is 17.3 Å². The van der Waals surface area contributed by atoms with Gasteiger partial charge in [-0.25, -0.2) is 8.42 Å². The first kappa shape index (κ1) is 22.2. The largest absolute Gasteiger partial charge is 0.329 e. The average molecular weight is 443 g/mol. The highest BCUT2D eigenvalue weighted by Gasteiger charge is 2.19. The van der Waals surface area contributed by atoms with E-state index in [9.17, 15) is 18.0 Å². The second-order valence-corrected chi connectivity index (χ2v) is 9.05. The van der Waals surface area contributed by atoms with Gasteiger partial charge in [0, 0.05) is 23.4 Å². The number of rotatable bonds is 7. The van der Waals surface area contributed by atoms with Crippen LogP contribution in [0.15, 0.2) is 47.4 Å². The monoisotopic (exact) mass is 442 g/mol. The summed E-state index contributed by atoms with van der Waals surface area (Å²) in [5.74, 6) is -0.784. The number of carbonyl (C=O) groups is 2. The van der Waals surface area contributed by atoms with Gasteiger partial charge in [-0.3, -0.25) is 9.59 Å². The van der Waals surface area contributed by atoms with E-state index in [2.05, 4.69) is 5.32 Å². The maximum absolute atomic E-state index is 12.8. The maximum atomic E-state index is 12.8. The topological polar surface area (TPSA) is 83.6 Å². The van der Waals surface area contributed by atoms with Gasteiger partial charge in [-0.2, -0.15) is 0 Å². The van der Waals surface area contributed by atoms with Crippen LogP contribution in [0.25, 0.3) is 0 Å². The molecule has 0 aliphatic heterocycles. The molecule has 0 unspecified atom stereocenters. The van der Waals surface area contributed by atoms with Gasteiger partial charge in [0.15, 0.2) is 9.84 Å². The Labute approximate surface area is 174 Å². The summed E-state index contributed by atoms with van der Waals surface area (Å²) in [5, 5.41) is 3.41. The van der Waals surface area contributed by atoms with E-state index in [0.29, 0.717) is 34.3 Å². The third-order valence-electron chi connectivity index (χ3n) is 3.85. The first-order chi connectivity index (χ1) is 13.1. The second kappa shape index (κ2) is 9.41. The highest BCUT2D eigenvalue weighted by atomic mass is 35.5. The molecule has 0 spiro atoms. The third kappa shape index (κ3) is 5.95. The Balaban J connectivity index is 2.14. The Morgan fingerprint density at radius 1 is 1.07 bits per heavy atom. The summed E-state index contributed by atoms with van der Waals surface area (Å²) < 4.78 is 23.1. The minimum Gasteiger partial charge on any atom is -0.329 e. The molecule has 0 aliphatic rings. The number of amides is 2. The number of halogens is 2. The fourth-order valence-corrected chi connectivity index (χ4v) is 3.47. The normalized spacial score (nSPS) is 11.1. The van der Waals surface area contributed by atoms with Gasteiger partial charge in [0.05, 0.1) is 15.6 Å². The van der Waals surface area contributed by atoms with Crippen LogP contribution < -0.4 is 5.32 Å². The summed E-state index contributed by atoms with van der Waals surface area (Å²) in [5.41, 5.74) is 0.662. The lowest BCUT2D eigenvalue weighted by molar-refractivity contribution is -0.116. The molecular formula is C19H20Cl2N2O4S. The molecule has 0 atom stereocenters. The maximum Gasteiger partial charge on any atom is 0.254 e. The van der Waals surface area contributed by atoms with Crippen LogP contribution in [0, 0.1) is 0 Å². The summed E-state index contributed by atoms with van der Waals surface area (Å²) in [6, 6.07) is 10.3. The van der Waals surface area contributed by atoms with Gasteiger partial charge < -0.3 is 10.2 Å². The second-order valence-electron chi connectivity index (χ2n) is 6.20. The number of hydrogen-bond donors (Lipinski definition) is 1. The van der Waals surface area contributed by atoms with Crippen molar-refractivity contribution in [3.8, 4) is 0 Å². The van der Waals surface area contributed by atoms with E-state index in [1.807, 2.05) is 6.92 Å². The van der Waals surface area contributed by atoms with E-state index in [0.717, 1.165) is 6.26 Å². The molecule has 6 nitrogen and oxygen atoms in total. The van der Waals surface area contributed by atoms with Crippen molar-refractivity contribution in [2.24, 2.45) is 0 Å². The number of sulfone groups is 1. The molecule has 0 bridgehead atoms. The van der Waals surface area contributed by atoms with Crippen LogP contribution in [0.3, 0.4) is 0 Å². The fourth-order valence-electron chi connectivity index (χ4n) is 2.51. The molecule has 150 valence electrons. The predicted molar refractivity (Wildman–Crippen MR) is 111 cm³/mol. The van der Waals surface area contributed by atoms with Crippen LogP contribution in [-0.4, -0.2) is 44.5 Å². The van der Waals surface area contributed by atoms with E-state index in [4.69, 9.17) is 23.2 Å². The zero-order valence-corrected chi connectivity index (χ0v) is 17.7. The van der Waals surface area contributed by atoms with Crippen molar-refractivity contribution in [1.29, 1.82) is 0 Å². The number of nitrogens with one attached hydrogen (secondary N) is 1. The van der Waals surface area contributed by atoms with Gasteiger partial charge >= 0.3 is 0 Å². The highest BCUT2D eigenvalue weighted by molar-refractivity contribution is 7.90. The molecule has 1 N–H and O–H groups in total. The van der Waals surface area contributed by atoms with Crippen molar-refractivity contribution < 1.29 is 18.0 Å². The zero-order chi connectivity index (χ0) is 20.9. The summed E-state index contributed by atoms with van der Waals surface area (Å²) in [7, 11) is -3.35. The SMILES string of the molecule is CCCN(CC(=O)Nc1cc(Cl)ccc1Cl)C(=O)c1ccc(S(C)(=O)=O)cc1. The van der Waals surface area contributed by atoms with Crippen LogP contribution in [0.5, 0.6) is 0 Å². The number of nitrogens with zero attached hydrogens (tertiary/aromatic N) is 1. The van der Waals surface area contributed by atoms with Crippen LogP contribution in [-0.2, 0) is 14.6 Å². The molecule has 2 rings (SSSR count). The molecule has 0 aromatic heterocycles. The average Bonchev–Trinajstić information content (AvgIpc) is 2.63. The molecule has 0 saturated carbocycles. The first-order valence-electron chi connectivity index (χ1n) is 8.46. The molecule has 28 heavy (non-hydrogen) atoms.